The van der Waals surface area contributed by atoms with Crippen LogP contribution in [0.4, 0.5) is 5.69 Å². The van der Waals surface area contributed by atoms with E-state index in [1.807, 2.05) is 31.2 Å². The van der Waals surface area contributed by atoms with Gasteiger partial charge in [-0.3, -0.25) is 4.79 Å². The van der Waals surface area contributed by atoms with Crippen molar-refractivity contribution in [2.75, 3.05) is 25.0 Å². The lowest BCUT2D eigenvalue weighted by molar-refractivity contribution is -0.124. The van der Waals surface area contributed by atoms with Gasteiger partial charge in [0.25, 0.3) is 0 Å². The maximum absolute atomic E-state index is 12.3. The molecule has 1 fully saturated rings. The van der Waals surface area contributed by atoms with Crippen LogP contribution in [0.5, 0.6) is 0 Å². The lowest BCUT2D eigenvalue weighted by Crippen LogP contribution is -2.48. The molecule has 1 aromatic rings. The van der Waals surface area contributed by atoms with Gasteiger partial charge in [0, 0.05) is 31.8 Å². The number of hydrogen-bond donors (Lipinski definition) is 3. The van der Waals surface area contributed by atoms with Gasteiger partial charge in [-0.15, -0.1) is 0 Å². The predicted octanol–water partition coefficient (Wildman–Crippen LogP) is 0.852. The van der Waals surface area contributed by atoms with E-state index in [1.165, 1.54) is 0 Å². The molecule has 1 amide bonds. The van der Waals surface area contributed by atoms with E-state index in [-0.39, 0.29) is 24.5 Å². The fraction of sp³-hybridized carbons (Fsp3) is 0.533. The van der Waals surface area contributed by atoms with Gasteiger partial charge in [0.05, 0.1) is 12.0 Å². The Kier molecular flexibility index (Phi) is 3.40. The first-order valence-corrected chi connectivity index (χ1v) is 7.05. The zero-order valence-electron chi connectivity index (χ0n) is 11.6. The van der Waals surface area contributed by atoms with E-state index in [0.29, 0.717) is 19.6 Å². The Morgan fingerprint density at radius 3 is 3.10 bits per heavy atom. The molecule has 3 atom stereocenters. The van der Waals surface area contributed by atoms with Gasteiger partial charge in [-0.2, -0.15) is 0 Å². The monoisotopic (exact) mass is 276 g/mol. The molecule has 0 radical (unpaired) electrons. The number of rotatable bonds is 3. The van der Waals surface area contributed by atoms with Crippen molar-refractivity contribution in [2.24, 2.45) is 0 Å². The van der Waals surface area contributed by atoms with E-state index in [0.717, 1.165) is 11.3 Å². The largest absolute Gasteiger partial charge is 0.385 e. The Labute approximate surface area is 118 Å². The molecule has 3 rings (SSSR count). The van der Waals surface area contributed by atoms with Crippen LogP contribution in [-0.2, 0) is 9.53 Å². The van der Waals surface area contributed by atoms with Gasteiger partial charge < -0.3 is 20.5 Å². The van der Waals surface area contributed by atoms with Crippen molar-refractivity contribution >= 4 is 11.6 Å². The molecular weight excluding hydrogens is 256 g/mol. The van der Waals surface area contributed by atoms with Crippen molar-refractivity contribution in [3.05, 3.63) is 29.8 Å². The van der Waals surface area contributed by atoms with Crippen molar-refractivity contribution in [2.45, 2.75) is 31.0 Å². The van der Waals surface area contributed by atoms with Gasteiger partial charge in [0.15, 0.2) is 0 Å². The van der Waals surface area contributed by atoms with Gasteiger partial charge in [-0.05, 0) is 18.6 Å². The third-order valence-corrected chi connectivity index (χ3v) is 4.38. The lowest BCUT2D eigenvalue weighted by atomic mass is 9.95. The summed E-state index contributed by atoms with van der Waals surface area (Å²) in [6.07, 6.45) is 0.324. The summed E-state index contributed by atoms with van der Waals surface area (Å²) in [5.41, 5.74) is 1.10. The van der Waals surface area contributed by atoms with E-state index >= 15 is 0 Å². The molecule has 20 heavy (non-hydrogen) atoms. The fourth-order valence-electron chi connectivity index (χ4n) is 2.88. The summed E-state index contributed by atoms with van der Waals surface area (Å²) in [5, 5.41) is 16.5. The molecule has 0 aromatic heterocycles. The summed E-state index contributed by atoms with van der Waals surface area (Å²) in [7, 11) is 0. The van der Waals surface area contributed by atoms with E-state index in [4.69, 9.17) is 4.74 Å². The number of benzene rings is 1. The number of anilines is 1. The Morgan fingerprint density at radius 2 is 2.35 bits per heavy atom. The number of hydrogen-bond acceptors (Lipinski definition) is 4. The summed E-state index contributed by atoms with van der Waals surface area (Å²) in [6, 6.07) is 7.83. The number of amides is 1. The van der Waals surface area contributed by atoms with Crippen LogP contribution in [0.3, 0.4) is 0 Å². The Morgan fingerprint density at radius 1 is 1.55 bits per heavy atom. The van der Waals surface area contributed by atoms with Gasteiger partial charge in [0.1, 0.15) is 5.60 Å². The molecular formula is C15H20N2O3. The van der Waals surface area contributed by atoms with Crippen molar-refractivity contribution in [3.63, 3.8) is 0 Å². The lowest BCUT2D eigenvalue weighted by Gasteiger charge is -2.26. The third-order valence-electron chi connectivity index (χ3n) is 4.38. The van der Waals surface area contributed by atoms with E-state index in [1.54, 1.807) is 0 Å². The quantitative estimate of drug-likeness (QED) is 0.765. The minimum atomic E-state index is -0.943. The van der Waals surface area contributed by atoms with Crippen LogP contribution < -0.4 is 10.6 Å². The van der Waals surface area contributed by atoms with Crippen molar-refractivity contribution in [3.8, 4) is 0 Å². The van der Waals surface area contributed by atoms with Crippen LogP contribution >= 0.6 is 0 Å². The summed E-state index contributed by atoms with van der Waals surface area (Å²) >= 11 is 0. The van der Waals surface area contributed by atoms with Gasteiger partial charge in [-0.1, -0.05) is 18.2 Å². The molecule has 3 N–H and O–H groups in total. The Bertz CT molecular complexity index is 520. The van der Waals surface area contributed by atoms with Gasteiger partial charge in [-0.25, -0.2) is 0 Å². The Balaban J connectivity index is 1.64. The van der Waals surface area contributed by atoms with Crippen LogP contribution in [-0.4, -0.2) is 42.4 Å². The maximum atomic E-state index is 12.3. The molecule has 108 valence electrons. The van der Waals surface area contributed by atoms with Crippen molar-refractivity contribution in [1.29, 1.82) is 0 Å². The van der Waals surface area contributed by atoms with Crippen molar-refractivity contribution < 1.29 is 14.6 Å². The molecule has 3 unspecified atom stereocenters. The summed E-state index contributed by atoms with van der Waals surface area (Å²) in [4.78, 5) is 12.3. The van der Waals surface area contributed by atoms with Crippen LogP contribution in [0.2, 0.25) is 0 Å². The molecule has 2 aliphatic heterocycles. The zero-order chi connectivity index (χ0) is 14.2. The number of carbonyl (C=O) groups excluding carboxylic acids is 1. The van der Waals surface area contributed by atoms with Gasteiger partial charge in [0.2, 0.25) is 5.91 Å². The minimum Gasteiger partial charge on any atom is -0.385 e. The molecule has 5 heteroatoms. The van der Waals surface area contributed by atoms with E-state index < -0.39 is 5.60 Å². The smallest absolute Gasteiger partial charge is 0.229 e. The highest BCUT2D eigenvalue weighted by molar-refractivity contribution is 5.88. The molecule has 0 spiro atoms. The second-order valence-electron chi connectivity index (χ2n) is 5.61. The number of carbonyl (C=O) groups is 1. The highest BCUT2D eigenvalue weighted by Gasteiger charge is 2.40. The van der Waals surface area contributed by atoms with Crippen LogP contribution in [0.25, 0.3) is 0 Å². The molecule has 1 aromatic carbocycles. The van der Waals surface area contributed by atoms with Gasteiger partial charge >= 0.3 is 0 Å². The average Bonchev–Trinajstić information content (AvgIpc) is 3.01. The first-order chi connectivity index (χ1) is 9.60. The third kappa shape index (κ3) is 2.27. The molecule has 0 saturated carbocycles. The molecule has 0 aliphatic carbocycles. The van der Waals surface area contributed by atoms with Crippen LogP contribution in [0.15, 0.2) is 24.3 Å². The number of ether oxygens (including phenoxy) is 1. The van der Waals surface area contributed by atoms with Crippen LogP contribution in [0, 0.1) is 0 Å². The highest BCUT2D eigenvalue weighted by atomic mass is 16.5. The first-order valence-electron chi connectivity index (χ1n) is 7.05. The van der Waals surface area contributed by atoms with E-state index in [9.17, 15) is 9.90 Å². The number of para-hydroxylation sites is 1. The summed E-state index contributed by atoms with van der Waals surface area (Å²) in [6.45, 7) is 3.23. The molecule has 2 aliphatic rings. The molecule has 1 saturated heterocycles. The number of aliphatic hydroxyl groups is 1. The maximum Gasteiger partial charge on any atom is 0.229 e. The molecule has 0 bridgehead atoms. The minimum absolute atomic E-state index is 0.0463. The summed E-state index contributed by atoms with van der Waals surface area (Å²) in [5.74, 6) is -0.234. The normalized spacial score (nSPS) is 31.7. The standard InChI is InChI=1S/C15H20N2O3/c1-10-15(19,6-7-20-10)9-17-14(18)12-8-16-13-5-3-2-4-11(12)13/h2-5,10,12,16,19H,6-9H2,1H3,(H,17,18). The fourth-order valence-corrected chi connectivity index (χ4v) is 2.88. The number of fused-ring (bicyclic) bond motifs is 1. The van der Waals surface area contributed by atoms with Crippen LogP contribution in [0.1, 0.15) is 24.8 Å². The second-order valence-corrected chi connectivity index (χ2v) is 5.61. The summed E-state index contributed by atoms with van der Waals surface area (Å²) < 4.78 is 5.37. The first kappa shape index (κ1) is 13.4. The zero-order valence-corrected chi connectivity index (χ0v) is 11.6. The molecule has 2 heterocycles. The van der Waals surface area contributed by atoms with E-state index in [2.05, 4.69) is 10.6 Å². The topological polar surface area (TPSA) is 70.6 Å². The Hall–Kier alpha value is -1.59. The average molecular weight is 276 g/mol. The highest BCUT2D eigenvalue weighted by Crippen LogP contribution is 2.31. The number of nitrogens with one attached hydrogen (secondary N) is 2. The van der Waals surface area contributed by atoms with Crippen molar-refractivity contribution in [1.82, 2.24) is 5.32 Å². The molecule has 5 nitrogen and oxygen atoms in total. The SMILES string of the molecule is CC1OCCC1(O)CNC(=O)C1CNc2ccccc21. The predicted molar refractivity (Wildman–Crippen MR) is 75.7 cm³/mol. The second kappa shape index (κ2) is 5.07.